The second kappa shape index (κ2) is 6.01. The highest BCUT2D eigenvalue weighted by atomic mass is 35.5. The molecule has 0 saturated carbocycles. The minimum Gasteiger partial charge on any atom is -0.506 e. The van der Waals surface area contributed by atoms with Crippen LogP contribution in [0.5, 0.6) is 5.75 Å². The van der Waals surface area contributed by atoms with Gasteiger partial charge in [-0.2, -0.15) is 0 Å². The third-order valence-corrected chi connectivity index (χ3v) is 3.43. The first-order valence-corrected chi connectivity index (χ1v) is 6.72. The van der Waals surface area contributed by atoms with Gasteiger partial charge in [-0.3, -0.25) is 9.59 Å². The third-order valence-electron chi connectivity index (χ3n) is 3.13. The molecule has 0 atom stereocenters. The van der Waals surface area contributed by atoms with Crippen LogP contribution in [0.2, 0.25) is 5.02 Å². The van der Waals surface area contributed by atoms with Gasteiger partial charge in [-0.15, -0.1) is 0 Å². The van der Waals surface area contributed by atoms with Gasteiger partial charge in [0.25, 0.3) is 11.5 Å². The van der Waals surface area contributed by atoms with E-state index >= 15 is 0 Å². The van der Waals surface area contributed by atoms with Gasteiger partial charge in [0.05, 0.1) is 5.02 Å². The lowest BCUT2D eigenvalue weighted by Crippen LogP contribution is -2.27. The van der Waals surface area contributed by atoms with Crippen LogP contribution in [0.1, 0.15) is 27.2 Å². The first-order valence-electron chi connectivity index (χ1n) is 6.34. The molecule has 0 unspecified atom stereocenters. The van der Waals surface area contributed by atoms with Crippen molar-refractivity contribution in [1.29, 1.82) is 0 Å². The van der Waals surface area contributed by atoms with Crippen molar-refractivity contribution in [2.45, 2.75) is 20.4 Å². The van der Waals surface area contributed by atoms with Gasteiger partial charge in [-0.1, -0.05) is 11.6 Å². The second-order valence-electron chi connectivity index (χ2n) is 4.79. The number of carbonyl (C=O) groups excluding carboxylic acids is 1. The molecule has 0 saturated heterocycles. The van der Waals surface area contributed by atoms with Crippen molar-refractivity contribution in [3.05, 3.63) is 62.0 Å². The molecule has 0 bridgehead atoms. The summed E-state index contributed by atoms with van der Waals surface area (Å²) in [4.78, 5) is 26.6. The van der Waals surface area contributed by atoms with E-state index in [1.54, 1.807) is 6.92 Å². The summed E-state index contributed by atoms with van der Waals surface area (Å²) >= 11 is 5.76. The Bertz CT molecular complexity index is 753. The Labute approximate surface area is 126 Å². The van der Waals surface area contributed by atoms with E-state index < -0.39 is 0 Å². The van der Waals surface area contributed by atoms with E-state index in [1.807, 2.05) is 13.0 Å². The first kappa shape index (κ1) is 15.1. The maximum absolute atomic E-state index is 12.0. The van der Waals surface area contributed by atoms with Crippen LogP contribution in [0.15, 0.2) is 29.1 Å². The number of benzene rings is 1. The van der Waals surface area contributed by atoms with E-state index in [2.05, 4.69) is 10.3 Å². The molecule has 1 amide bonds. The van der Waals surface area contributed by atoms with Gasteiger partial charge < -0.3 is 15.4 Å². The molecular formula is C15H15ClN2O3. The summed E-state index contributed by atoms with van der Waals surface area (Å²) < 4.78 is 0. The van der Waals surface area contributed by atoms with E-state index in [0.29, 0.717) is 11.1 Å². The Morgan fingerprint density at radius 1 is 1.33 bits per heavy atom. The van der Waals surface area contributed by atoms with Gasteiger partial charge in [0.2, 0.25) is 0 Å². The van der Waals surface area contributed by atoms with Gasteiger partial charge in [0, 0.05) is 23.4 Å². The smallest absolute Gasteiger partial charge is 0.253 e. The number of rotatable bonds is 3. The van der Waals surface area contributed by atoms with Gasteiger partial charge in [-0.05, 0) is 43.7 Å². The van der Waals surface area contributed by atoms with Crippen LogP contribution >= 0.6 is 11.6 Å². The lowest BCUT2D eigenvalue weighted by atomic mass is 10.1. The fourth-order valence-corrected chi connectivity index (χ4v) is 2.20. The molecule has 6 heteroatoms. The summed E-state index contributed by atoms with van der Waals surface area (Å²) in [6.07, 6.45) is 0. The van der Waals surface area contributed by atoms with Gasteiger partial charge >= 0.3 is 0 Å². The molecule has 0 fully saturated rings. The SMILES string of the molecule is Cc1cc(C)c(CNC(=O)c2ccc(O)c(Cl)c2)c(=O)[nH]1. The highest BCUT2D eigenvalue weighted by molar-refractivity contribution is 6.32. The molecule has 2 aromatic rings. The average molecular weight is 307 g/mol. The molecular weight excluding hydrogens is 292 g/mol. The molecule has 21 heavy (non-hydrogen) atoms. The van der Waals surface area contributed by atoms with Crippen molar-refractivity contribution in [2.24, 2.45) is 0 Å². The molecule has 1 aromatic heterocycles. The maximum Gasteiger partial charge on any atom is 0.253 e. The minimum absolute atomic E-state index is 0.0842. The summed E-state index contributed by atoms with van der Waals surface area (Å²) in [6.45, 7) is 3.75. The second-order valence-corrected chi connectivity index (χ2v) is 5.20. The molecule has 0 spiro atoms. The quantitative estimate of drug-likeness (QED) is 0.813. The number of halogens is 1. The van der Waals surface area contributed by atoms with Crippen molar-refractivity contribution in [2.75, 3.05) is 0 Å². The largest absolute Gasteiger partial charge is 0.506 e. The zero-order valence-electron chi connectivity index (χ0n) is 11.7. The third kappa shape index (κ3) is 3.44. The molecule has 0 aliphatic rings. The number of aromatic nitrogens is 1. The molecule has 1 heterocycles. The van der Waals surface area contributed by atoms with Crippen LogP contribution in [-0.2, 0) is 6.54 Å². The molecule has 2 rings (SSSR count). The number of phenolic OH excluding ortho intramolecular Hbond substituents is 1. The number of nitrogens with one attached hydrogen (secondary N) is 2. The highest BCUT2D eigenvalue weighted by Gasteiger charge is 2.10. The average Bonchev–Trinajstić information content (AvgIpc) is 2.40. The lowest BCUT2D eigenvalue weighted by Gasteiger charge is -2.08. The van der Waals surface area contributed by atoms with Crippen LogP contribution in [0.4, 0.5) is 0 Å². The number of hydrogen-bond acceptors (Lipinski definition) is 3. The highest BCUT2D eigenvalue weighted by Crippen LogP contribution is 2.23. The van der Waals surface area contributed by atoms with Crippen molar-refractivity contribution < 1.29 is 9.90 Å². The number of phenols is 1. The summed E-state index contributed by atoms with van der Waals surface area (Å²) in [7, 11) is 0. The molecule has 0 radical (unpaired) electrons. The Balaban J connectivity index is 2.15. The Morgan fingerprint density at radius 3 is 2.67 bits per heavy atom. The monoisotopic (exact) mass is 306 g/mol. The Hall–Kier alpha value is -2.27. The normalized spacial score (nSPS) is 10.4. The first-order chi connectivity index (χ1) is 9.88. The van der Waals surface area contributed by atoms with E-state index in [9.17, 15) is 14.7 Å². The summed E-state index contributed by atoms with van der Waals surface area (Å²) in [5.74, 6) is -0.449. The summed E-state index contributed by atoms with van der Waals surface area (Å²) in [6, 6.07) is 6.03. The van der Waals surface area contributed by atoms with E-state index in [4.69, 9.17) is 11.6 Å². The number of amides is 1. The number of H-pyrrole nitrogens is 1. The van der Waals surface area contributed by atoms with Crippen LogP contribution in [0.25, 0.3) is 0 Å². The zero-order valence-corrected chi connectivity index (χ0v) is 12.4. The van der Waals surface area contributed by atoms with E-state index in [-0.39, 0.29) is 28.8 Å². The fraction of sp³-hybridized carbons (Fsp3) is 0.200. The number of hydrogen-bond donors (Lipinski definition) is 3. The zero-order chi connectivity index (χ0) is 15.6. The van der Waals surface area contributed by atoms with Crippen molar-refractivity contribution in [3.8, 4) is 5.75 Å². The fourth-order valence-electron chi connectivity index (χ4n) is 2.02. The van der Waals surface area contributed by atoms with Crippen LogP contribution in [0, 0.1) is 13.8 Å². The minimum atomic E-state index is -0.365. The van der Waals surface area contributed by atoms with Gasteiger partial charge in [-0.25, -0.2) is 0 Å². The Kier molecular flexibility index (Phi) is 4.33. The van der Waals surface area contributed by atoms with Crippen LogP contribution < -0.4 is 10.9 Å². The van der Waals surface area contributed by atoms with Crippen LogP contribution in [0.3, 0.4) is 0 Å². The van der Waals surface area contributed by atoms with Crippen molar-refractivity contribution >= 4 is 17.5 Å². The lowest BCUT2D eigenvalue weighted by molar-refractivity contribution is 0.0950. The topological polar surface area (TPSA) is 82.2 Å². The predicted octanol–water partition coefficient (Wildman–Crippen LogP) is 2.28. The Morgan fingerprint density at radius 2 is 2.05 bits per heavy atom. The van der Waals surface area contributed by atoms with E-state index in [0.717, 1.165) is 11.3 Å². The number of aryl methyl sites for hydroxylation is 2. The summed E-state index contributed by atoms with van der Waals surface area (Å²) in [5, 5.41) is 12.1. The number of carbonyl (C=O) groups is 1. The van der Waals surface area contributed by atoms with Crippen molar-refractivity contribution in [1.82, 2.24) is 10.3 Å². The molecule has 3 N–H and O–H groups in total. The van der Waals surface area contributed by atoms with Gasteiger partial charge in [0.15, 0.2) is 0 Å². The van der Waals surface area contributed by atoms with Gasteiger partial charge in [0.1, 0.15) is 5.75 Å². The van der Waals surface area contributed by atoms with E-state index in [1.165, 1.54) is 18.2 Å². The number of aromatic hydroxyl groups is 1. The predicted molar refractivity (Wildman–Crippen MR) is 80.8 cm³/mol. The molecule has 0 aliphatic carbocycles. The molecule has 5 nitrogen and oxygen atoms in total. The molecule has 110 valence electrons. The number of pyridine rings is 1. The summed E-state index contributed by atoms with van der Waals surface area (Å²) in [5.41, 5.74) is 2.22. The number of aromatic amines is 1. The maximum atomic E-state index is 12.0. The molecule has 0 aliphatic heterocycles. The van der Waals surface area contributed by atoms with Crippen molar-refractivity contribution in [3.63, 3.8) is 0 Å². The molecule has 1 aromatic carbocycles. The van der Waals surface area contributed by atoms with Crippen LogP contribution in [-0.4, -0.2) is 16.0 Å². The standard InChI is InChI=1S/C15H15ClN2O3/c1-8-5-9(2)18-15(21)11(8)7-17-14(20)10-3-4-13(19)12(16)6-10/h3-6,19H,7H2,1-2H3,(H,17,20)(H,18,21).